The molecule has 1 saturated heterocycles. The molecule has 9 heteroatoms. The lowest BCUT2D eigenvalue weighted by Gasteiger charge is -2.28. The van der Waals surface area contributed by atoms with Crippen LogP contribution in [0.4, 0.5) is 14.9 Å². The fourth-order valence-electron chi connectivity index (χ4n) is 3.91. The molecule has 7 nitrogen and oxygen atoms in total. The normalized spacial score (nSPS) is 14.6. The highest BCUT2D eigenvalue weighted by Crippen LogP contribution is 2.38. The van der Waals surface area contributed by atoms with Crippen LogP contribution >= 0.6 is 15.9 Å². The molecule has 4 rings (SSSR count). The molecule has 0 radical (unpaired) electrons. The number of anilines is 1. The van der Waals surface area contributed by atoms with Crippen molar-refractivity contribution >= 4 is 45.5 Å². The molecule has 1 heterocycles. The van der Waals surface area contributed by atoms with Crippen molar-refractivity contribution in [2.45, 2.75) is 26.9 Å². The fraction of sp³-hybridized carbons (Fsp3) is 0.179. The van der Waals surface area contributed by atoms with Crippen molar-refractivity contribution in [3.63, 3.8) is 0 Å². The summed E-state index contributed by atoms with van der Waals surface area (Å²) >= 11 is 3.45. The lowest BCUT2D eigenvalue weighted by Crippen LogP contribution is -2.54. The van der Waals surface area contributed by atoms with E-state index in [2.05, 4.69) is 21.2 Å². The van der Waals surface area contributed by atoms with Crippen molar-refractivity contribution in [3.05, 3.63) is 93.2 Å². The molecule has 1 N–H and O–H groups in total. The van der Waals surface area contributed by atoms with Crippen molar-refractivity contribution in [2.75, 3.05) is 11.5 Å². The fourth-order valence-corrected chi connectivity index (χ4v) is 4.48. The average molecular weight is 567 g/mol. The van der Waals surface area contributed by atoms with Crippen molar-refractivity contribution in [2.24, 2.45) is 0 Å². The predicted molar refractivity (Wildman–Crippen MR) is 141 cm³/mol. The zero-order valence-corrected chi connectivity index (χ0v) is 21.8. The number of barbiturate groups is 1. The molecule has 0 unspecified atom stereocenters. The van der Waals surface area contributed by atoms with Gasteiger partial charge < -0.3 is 9.47 Å². The molecule has 0 aromatic heterocycles. The van der Waals surface area contributed by atoms with E-state index in [0.717, 1.165) is 10.5 Å². The maximum atomic E-state index is 14.0. The largest absolute Gasteiger partial charge is 0.490 e. The average Bonchev–Trinajstić information content (AvgIpc) is 2.87. The van der Waals surface area contributed by atoms with Crippen LogP contribution in [0.1, 0.15) is 30.5 Å². The molecule has 0 bridgehead atoms. The summed E-state index contributed by atoms with van der Waals surface area (Å²) in [5, 5.41) is 2.25. The van der Waals surface area contributed by atoms with Crippen LogP contribution in [0, 0.1) is 5.82 Å². The molecular weight excluding hydrogens is 543 g/mol. The number of rotatable bonds is 8. The number of hydrogen-bond acceptors (Lipinski definition) is 5. The number of nitrogens with zero attached hydrogens (tertiary/aromatic N) is 1. The minimum atomic E-state index is -0.805. The Morgan fingerprint density at radius 1 is 0.973 bits per heavy atom. The van der Waals surface area contributed by atoms with Crippen LogP contribution in [0.25, 0.3) is 6.08 Å². The Balaban J connectivity index is 1.68. The second-order valence-electron chi connectivity index (χ2n) is 8.08. The first-order chi connectivity index (χ1) is 17.8. The van der Waals surface area contributed by atoms with Gasteiger partial charge in [0, 0.05) is 5.56 Å². The van der Waals surface area contributed by atoms with E-state index in [1.165, 1.54) is 12.1 Å². The van der Waals surface area contributed by atoms with Gasteiger partial charge in [-0.05, 0) is 70.7 Å². The Hall–Kier alpha value is -3.98. The Labute approximate surface area is 222 Å². The van der Waals surface area contributed by atoms with E-state index >= 15 is 0 Å². The van der Waals surface area contributed by atoms with Gasteiger partial charge >= 0.3 is 6.03 Å². The van der Waals surface area contributed by atoms with Crippen molar-refractivity contribution in [1.29, 1.82) is 0 Å². The monoisotopic (exact) mass is 566 g/mol. The first kappa shape index (κ1) is 26.1. The number of hydrogen-bond donors (Lipinski definition) is 1. The quantitative estimate of drug-likeness (QED) is 0.275. The summed E-state index contributed by atoms with van der Waals surface area (Å²) in [6.45, 7) is 4.00. The molecule has 37 heavy (non-hydrogen) atoms. The van der Waals surface area contributed by atoms with Gasteiger partial charge in [-0.3, -0.25) is 14.9 Å². The lowest BCUT2D eigenvalue weighted by molar-refractivity contribution is -0.122. The summed E-state index contributed by atoms with van der Waals surface area (Å²) in [6.07, 6.45) is 1.98. The van der Waals surface area contributed by atoms with Crippen molar-refractivity contribution in [3.8, 4) is 11.5 Å². The Morgan fingerprint density at radius 3 is 2.38 bits per heavy atom. The standard InChI is InChI=1S/C28H24BrFN2O5/c1-3-18-9-6-8-12-23(18)32-27(34)20(26(33)31-28(32)35)13-17-14-21(29)25(24(15-17)36-4-2)37-16-19-10-5-7-11-22(19)30/h5-15H,3-4,16H2,1-2H3,(H,31,33,35)/b20-13-. The zero-order valence-electron chi connectivity index (χ0n) is 20.2. The van der Waals surface area contributed by atoms with Crippen LogP contribution in [-0.4, -0.2) is 24.5 Å². The van der Waals surface area contributed by atoms with Crippen LogP contribution in [0.3, 0.4) is 0 Å². The zero-order chi connectivity index (χ0) is 26.5. The van der Waals surface area contributed by atoms with E-state index in [1.54, 1.807) is 49.4 Å². The van der Waals surface area contributed by atoms with E-state index in [4.69, 9.17) is 9.47 Å². The van der Waals surface area contributed by atoms with E-state index < -0.39 is 17.8 Å². The van der Waals surface area contributed by atoms with Crippen LogP contribution in [-0.2, 0) is 22.6 Å². The summed E-state index contributed by atoms with van der Waals surface area (Å²) < 4.78 is 26.1. The van der Waals surface area contributed by atoms with Crippen LogP contribution in [0.2, 0.25) is 0 Å². The third kappa shape index (κ3) is 5.56. The summed E-state index contributed by atoms with van der Waals surface area (Å²) in [6, 6.07) is 15.8. The first-order valence-corrected chi connectivity index (χ1v) is 12.4. The number of carbonyl (C=O) groups excluding carboxylic acids is 3. The molecule has 0 saturated carbocycles. The van der Waals surface area contributed by atoms with Crippen LogP contribution in [0.15, 0.2) is 70.7 Å². The van der Waals surface area contributed by atoms with Gasteiger partial charge in [0.25, 0.3) is 11.8 Å². The maximum absolute atomic E-state index is 14.0. The number of imide groups is 2. The third-order valence-electron chi connectivity index (χ3n) is 5.69. The number of carbonyl (C=O) groups is 3. The number of urea groups is 1. The number of para-hydroxylation sites is 1. The highest BCUT2D eigenvalue weighted by atomic mass is 79.9. The molecule has 0 aliphatic carbocycles. The van der Waals surface area contributed by atoms with Gasteiger partial charge in [0.15, 0.2) is 11.5 Å². The first-order valence-electron chi connectivity index (χ1n) is 11.7. The molecule has 3 aromatic carbocycles. The molecule has 4 amide bonds. The van der Waals surface area contributed by atoms with Crippen molar-refractivity contribution in [1.82, 2.24) is 5.32 Å². The number of aryl methyl sites for hydroxylation is 1. The van der Waals surface area contributed by atoms with Gasteiger partial charge in [0.05, 0.1) is 16.8 Å². The van der Waals surface area contributed by atoms with Crippen LogP contribution < -0.4 is 19.7 Å². The highest BCUT2D eigenvalue weighted by molar-refractivity contribution is 9.10. The molecule has 1 aliphatic heterocycles. The number of ether oxygens (including phenoxy) is 2. The van der Waals surface area contributed by atoms with Gasteiger partial charge in [-0.1, -0.05) is 43.3 Å². The number of benzene rings is 3. The van der Waals surface area contributed by atoms with Crippen LogP contribution in [0.5, 0.6) is 11.5 Å². The Morgan fingerprint density at radius 2 is 1.68 bits per heavy atom. The minimum absolute atomic E-state index is 0.0272. The van der Waals surface area contributed by atoms with Gasteiger partial charge in [-0.15, -0.1) is 0 Å². The summed E-state index contributed by atoms with van der Waals surface area (Å²) in [5.41, 5.74) is 1.84. The smallest absolute Gasteiger partial charge is 0.335 e. The summed E-state index contributed by atoms with van der Waals surface area (Å²) in [7, 11) is 0. The number of nitrogens with one attached hydrogen (secondary N) is 1. The van der Waals surface area contributed by atoms with Crippen molar-refractivity contribution < 1.29 is 28.2 Å². The van der Waals surface area contributed by atoms with E-state index in [1.807, 2.05) is 19.1 Å². The highest BCUT2D eigenvalue weighted by Gasteiger charge is 2.37. The van der Waals surface area contributed by atoms with Gasteiger partial charge in [-0.2, -0.15) is 0 Å². The lowest BCUT2D eigenvalue weighted by atomic mass is 10.0. The molecular formula is C28H24BrFN2O5. The molecule has 3 aromatic rings. The van der Waals surface area contributed by atoms with Gasteiger partial charge in [0.1, 0.15) is 18.0 Å². The number of amides is 4. The van der Waals surface area contributed by atoms with E-state index in [9.17, 15) is 18.8 Å². The molecule has 1 aliphatic rings. The SMILES string of the molecule is CCOc1cc(/C=C2/C(=O)NC(=O)N(c3ccccc3CC)C2=O)cc(Br)c1OCc1ccccc1F. The topological polar surface area (TPSA) is 84.9 Å². The second-order valence-corrected chi connectivity index (χ2v) is 8.94. The molecule has 0 spiro atoms. The van der Waals surface area contributed by atoms with Gasteiger partial charge in [-0.25, -0.2) is 14.1 Å². The molecule has 1 fully saturated rings. The number of halogens is 2. The van der Waals surface area contributed by atoms with E-state index in [0.29, 0.717) is 45.8 Å². The molecule has 190 valence electrons. The minimum Gasteiger partial charge on any atom is -0.490 e. The van der Waals surface area contributed by atoms with Gasteiger partial charge in [0.2, 0.25) is 0 Å². The third-order valence-corrected chi connectivity index (χ3v) is 6.28. The Bertz CT molecular complexity index is 1410. The predicted octanol–water partition coefficient (Wildman–Crippen LogP) is 5.79. The second kappa shape index (κ2) is 11.4. The van der Waals surface area contributed by atoms with E-state index in [-0.39, 0.29) is 18.0 Å². The summed E-state index contributed by atoms with van der Waals surface area (Å²) in [4.78, 5) is 39.6. The Kier molecular flexibility index (Phi) is 8.03. The summed E-state index contributed by atoms with van der Waals surface area (Å²) in [5.74, 6) is -1.23. The maximum Gasteiger partial charge on any atom is 0.335 e. The molecule has 0 atom stereocenters.